The smallest absolute Gasteiger partial charge is 0.409 e. The first-order chi connectivity index (χ1) is 23.4. The van der Waals surface area contributed by atoms with Crippen LogP contribution in [0.3, 0.4) is 0 Å². The van der Waals surface area contributed by atoms with E-state index in [0.717, 1.165) is 12.8 Å². The van der Waals surface area contributed by atoms with E-state index < -0.39 is 35.5 Å². The fraction of sp³-hybridized carbons (Fsp3) is 0.583. The molecule has 2 aromatic rings. The second-order valence-electron chi connectivity index (χ2n) is 13.3. The molecule has 2 unspecified atom stereocenters. The van der Waals surface area contributed by atoms with Crippen molar-refractivity contribution >= 4 is 29.8 Å². The van der Waals surface area contributed by atoms with Crippen molar-refractivity contribution in [3.8, 4) is 11.4 Å². The minimum atomic E-state index is -1.07. The average Bonchev–Trinajstić information content (AvgIpc) is 3.09. The van der Waals surface area contributed by atoms with Crippen molar-refractivity contribution in [2.24, 2.45) is 5.92 Å². The topological polar surface area (TPSA) is 157 Å². The average molecular weight is 680 g/mol. The highest BCUT2D eigenvalue weighted by Crippen LogP contribution is 2.38. The van der Waals surface area contributed by atoms with E-state index in [1.807, 2.05) is 30.3 Å². The fourth-order valence-electron chi connectivity index (χ4n) is 6.19. The second-order valence-corrected chi connectivity index (χ2v) is 13.3. The number of hydrogen-bond donors (Lipinski definition) is 1. The fourth-order valence-corrected chi connectivity index (χ4v) is 6.19. The van der Waals surface area contributed by atoms with Gasteiger partial charge in [-0.15, -0.1) is 0 Å². The monoisotopic (exact) mass is 679 g/mol. The van der Waals surface area contributed by atoms with E-state index in [1.54, 1.807) is 45.6 Å². The molecule has 13 heteroatoms. The van der Waals surface area contributed by atoms with Crippen molar-refractivity contribution in [1.29, 1.82) is 0 Å². The van der Waals surface area contributed by atoms with Crippen molar-refractivity contribution in [2.45, 2.75) is 90.7 Å². The predicted octanol–water partition coefficient (Wildman–Crippen LogP) is 4.50. The molecule has 0 radical (unpaired) electrons. The first-order valence-electron chi connectivity index (χ1n) is 17.2. The summed E-state index contributed by atoms with van der Waals surface area (Å²) in [5.74, 6) is -2.13. The van der Waals surface area contributed by atoms with Crippen molar-refractivity contribution < 1.29 is 38.2 Å². The van der Waals surface area contributed by atoms with Crippen molar-refractivity contribution in [1.82, 2.24) is 25.1 Å². The molecule has 266 valence electrons. The number of esters is 2. The summed E-state index contributed by atoms with van der Waals surface area (Å²) in [5, 5.41) is 2.84. The van der Waals surface area contributed by atoms with Crippen LogP contribution in [0.15, 0.2) is 36.4 Å². The van der Waals surface area contributed by atoms with Gasteiger partial charge in [-0.2, -0.15) is 0 Å². The summed E-state index contributed by atoms with van der Waals surface area (Å²) in [7, 11) is 0. The Labute approximate surface area is 288 Å². The van der Waals surface area contributed by atoms with Gasteiger partial charge in [0.25, 0.3) is 5.91 Å². The van der Waals surface area contributed by atoms with Gasteiger partial charge >= 0.3 is 18.0 Å². The third kappa shape index (κ3) is 10.5. The number of nitrogens with one attached hydrogen (secondary N) is 1. The van der Waals surface area contributed by atoms with E-state index in [1.165, 1.54) is 4.90 Å². The Kier molecular flexibility index (Phi) is 13.1. The van der Waals surface area contributed by atoms with Crippen LogP contribution < -0.4 is 5.32 Å². The number of nitrogens with zero attached hydrogens (tertiary/aromatic N) is 4. The maximum atomic E-state index is 14.0. The first kappa shape index (κ1) is 37.3. The molecule has 0 spiro atoms. The number of ether oxygens (including phenoxy) is 3. The van der Waals surface area contributed by atoms with E-state index in [4.69, 9.17) is 19.2 Å². The molecule has 2 fully saturated rings. The van der Waals surface area contributed by atoms with Gasteiger partial charge in [0.15, 0.2) is 5.82 Å². The van der Waals surface area contributed by atoms with Crippen LogP contribution in [0, 0.1) is 5.92 Å². The minimum absolute atomic E-state index is 0.00534. The lowest BCUT2D eigenvalue weighted by Crippen LogP contribution is -2.56. The normalized spacial score (nSPS) is 18.6. The second kappa shape index (κ2) is 17.2. The summed E-state index contributed by atoms with van der Waals surface area (Å²) in [4.78, 5) is 78.3. The molecule has 1 aliphatic heterocycles. The maximum Gasteiger partial charge on any atom is 0.409 e. The summed E-state index contributed by atoms with van der Waals surface area (Å²) in [5.41, 5.74) is 0.580. The molecule has 0 bridgehead atoms. The van der Waals surface area contributed by atoms with Crippen molar-refractivity contribution in [3.63, 3.8) is 0 Å². The number of benzene rings is 1. The van der Waals surface area contributed by atoms with Gasteiger partial charge in [-0.05, 0) is 59.9 Å². The molecule has 2 aliphatic rings. The quantitative estimate of drug-likeness (QED) is 0.265. The van der Waals surface area contributed by atoms with E-state index in [-0.39, 0.29) is 75.7 Å². The van der Waals surface area contributed by atoms with Gasteiger partial charge in [0, 0.05) is 49.8 Å². The van der Waals surface area contributed by atoms with Crippen LogP contribution in [0.4, 0.5) is 4.79 Å². The summed E-state index contributed by atoms with van der Waals surface area (Å²) in [6.45, 7) is 10.3. The minimum Gasteiger partial charge on any atom is -0.466 e. The molecule has 4 rings (SSSR count). The zero-order valence-electron chi connectivity index (χ0n) is 29.2. The van der Waals surface area contributed by atoms with Crippen LogP contribution >= 0.6 is 0 Å². The molecule has 3 amide bonds. The number of amides is 3. The largest absolute Gasteiger partial charge is 0.466 e. The number of piperazine rings is 1. The molecule has 2 heterocycles. The van der Waals surface area contributed by atoms with E-state index in [2.05, 4.69) is 10.3 Å². The zero-order chi connectivity index (χ0) is 35.6. The van der Waals surface area contributed by atoms with Gasteiger partial charge < -0.3 is 29.3 Å². The molecule has 1 aromatic heterocycles. The number of aromatic nitrogens is 2. The highest BCUT2D eigenvalue weighted by molar-refractivity contribution is 5.96. The Morgan fingerprint density at radius 1 is 0.898 bits per heavy atom. The SMILES string of the molecule is CCOC(=O)C1CCCCC1c1cc(C(=O)N[C@@H](CCC(=O)OC(C)(C)C)C(=O)N2CCN(C(=O)OCC)CC2)nc(-c2ccccc2)n1. The van der Waals surface area contributed by atoms with E-state index >= 15 is 0 Å². The molecular weight excluding hydrogens is 630 g/mol. The Bertz CT molecular complexity index is 1470. The molecule has 13 nitrogen and oxygen atoms in total. The van der Waals surface area contributed by atoms with Gasteiger partial charge in [-0.3, -0.25) is 19.2 Å². The number of hydrogen-bond acceptors (Lipinski definition) is 10. The van der Waals surface area contributed by atoms with Crippen LogP contribution in [-0.4, -0.2) is 101 Å². The lowest BCUT2D eigenvalue weighted by Gasteiger charge is -2.36. The van der Waals surface area contributed by atoms with Crippen molar-refractivity contribution in [3.05, 3.63) is 47.8 Å². The number of rotatable bonds is 11. The van der Waals surface area contributed by atoms with Crippen LogP contribution in [0.1, 0.15) is 95.2 Å². The third-order valence-electron chi connectivity index (χ3n) is 8.52. The highest BCUT2D eigenvalue weighted by Gasteiger charge is 2.36. The number of carbonyl (C=O) groups is 5. The molecule has 1 aliphatic carbocycles. The highest BCUT2D eigenvalue weighted by atomic mass is 16.6. The Hall–Kier alpha value is -4.55. The molecule has 3 atom stereocenters. The van der Waals surface area contributed by atoms with Gasteiger partial charge in [-0.25, -0.2) is 14.8 Å². The standard InChI is InChI=1S/C36H49N5O8/c1-6-47-34(45)26-16-12-11-15-25(26)28-23-29(38-31(37-28)24-13-9-8-10-14-24)32(43)39-27(17-18-30(42)49-36(3,4)5)33(44)40-19-21-41(22-20-40)35(46)48-7-2/h8-10,13-14,23,25-27H,6-7,11-12,15-22H2,1-5H3,(H,39,43)/t25?,26?,27-/m0/s1. The Balaban J connectivity index is 1.62. The van der Waals surface area contributed by atoms with Crippen LogP contribution in [0.2, 0.25) is 0 Å². The summed E-state index contributed by atoms with van der Waals surface area (Å²) in [6, 6.07) is 9.76. The van der Waals surface area contributed by atoms with Crippen LogP contribution in [0.5, 0.6) is 0 Å². The molecule has 1 N–H and O–H groups in total. The molecular formula is C36H49N5O8. The van der Waals surface area contributed by atoms with Gasteiger partial charge in [0.2, 0.25) is 5.91 Å². The number of carbonyl (C=O) groups excluding carboxylic acids is 5. The van der Waals surface area contributed by atoms with Crippen LogP contribution in [0.25, 0.3) is 11.4 Å². The lowest BCUT2D eigenvalue weighted by molar-refractivity contribution is -0.155. The molecule has 1 saturated carbocycles. The van der Waals surface area contributed by atoms with Gasteiger partial charge in [-0.1, -0.05) is 43.2 Å². The van der Waals surface area contributed by atoms with Gasteiger partial charge in [0.1, 0.15) is 17.3 Å². The van der Waals surface area contributed by atoms with Crippen molar-refractivity contribution in [2.75, 3.05) is 39.4 Å². The third-order valence-corrected chi connectivity index (χ3v) is 8.52. The molecule has 1 aromatic carbocycles. The molecule has 1 saturated heterocycles. The Morgan fingerprint density at radius 2 is 1.55 bits per heavy atom. The maximum absolute atomic E-state index is 14.0. The van der Waals surface area contributed by atoms with Crippen LogP contribution in [-0.2, 0) is 28.6 Å². The first-order valence-corrected chi connectivity index (χ1v) is 17.2. The lowest BCUT2D eigenvalue weighted by atomic mass is 9.77. The summed E-state index contributed by atoms with van der Waals surface area (Å²) >= 11 is 0. The van der Waals surface area contributed by atoms with E-state index in [0.29, 0.717) is 29.9 Å². The molecule has 49 heavy (non-hydrogen) atoms. The summed E-state index contributed by atoms with van der Waals surface area (Å²) < 4.78 is 16.0. The zero-order valence-corrected chi connectivity index (χ0v) is 29.2. The predicted molar refractivity (Wildman–Crippen MR) is 180 cm³/mol. The van der Waals surface area contributed by atoms with E-state index in [9.17, 15) is 24.0 Å². The summed E-state index contributed by atoms with van der Waals surface area (Å²) in [6.07, 6.45) is 2.59. The van der Waals surface area contributed by atoms with Gasteiger partial charge in [0.05, 0.1) is 19.1 Å². The Morgan fingerprint density at radius 3 is 2.20 bits per heavy atom.